The van der Waals surface area contributed by atoms with Crippen LogP contribution in [0.1, 0.15) is 26.3 Å². The largest absolute Gasteiger partial charge is 0.483 e. The third-order valence-electron chi connectivity index (χ3n) is 3.32. The molecule has 6 nitrogen and oxygen atoms in total. The SMILES string of the molecule is COC(=O)c1ccc(CNC(=O)COc2ccc(Br)cc2C=O)cc1. The van der Waals surface area contributed by atoms with Crippen LogP contribution in [-0.4, -0.2) is 31.9 Å². The first-order valence-electron chi connectivity index (χ1n) is 7.35. The van der Waals surface area contributed by atoms with Gasteiger partial charge in [-0.05, 0) is 35.9 Å². The van der Waals surface area contributed by atoms with Crippen molar-refractivity contribution >= 4 is 34.1 Å². The lowest BCUT2D eigenvalue weighted by atomic mass is 10.1. The number of ether oxygens (including phenoxy) is 2. The summed E-state index contributed by atoms with van der Waals surface area (Å²) in [5.74, 6) is -0.392. The maximum atomic E-state index is 11.9. The molecule has 0 saturated heterocycles. The van der Waals surface area contributed by atoms with E-state index < -0.39 is 5.97 Å². The van der Waals surface area contributed by atoms with Gasteiger partial charge in [-0.15, -0.1) is 0 Å². The van der Waals surface area contributed by atoms with Crippen molar-refractivity contribution in [1.29, 1.82) is 0 Å². The van der Waals surface area contributed by atoms with Crippen molar-refractivity contribution in [3.05, 3.63) is 63.6 Å². The smallest absolute Gasteiger partial charge is 0.337 e. The summed E-state index contributed by atoms with van der Waals surface area (Å²) in [5.41, 5.74) is 1.64. The average Bonchev–Trinajstić information content (AvgIpc) is 2.64. The van der Waals surface area contributed by atoms with Crippen LogP contribution in [0, 0.1) is 0 Å². The molecule has 2 rings (SSSR count). The second-order valence-corrected chi connectivity index (χ2v) is 5.97. The molecule has 0 aromatic heterocycles. The number of hydrogen-bond acceptors (Lipinski definition) is 5. The van der Waals surface area contributed by atoms with E-state index in [1.54, 1.807) is 42.5 Å². The topological polar surface area (TPSA) is 81.7 Å². The molecular formula is C18H16BrNO5. The number of hydrogen-bond donors (Lipinski definition) is 1. The lowest BCUT2D eigenvalue weighted by molar-refractivity contribution is -0.123. The van der Waals surface area contributed by atoms with E-state index >= 15 is 0 Å². The molecule has 0 radical (unpaired) electrons. The summed E-state index contributed by atoms with van der Waals surface area (Å²) in [5, 5.41) is 2.70. The highest BCUT2D eigenvalue weighted by molar-refractivity contribution is 9.10. The predicted octanol–water partition coefficient (Wildman–Crippen LogP) is 2.74. The van der Waals surface area contributed by atoms with Gasteiger partial charge >= 0.3 is 5.97 Å². The number of carbonyl (C=O) groups is 3. The Kier molecular flexibility index (Phi) is 6.71. The number of halogens is 1. The number of esters is 1. The van der Waals surface area contributed by atoms with Crippen LogP contribution in [0.4, 0.5) is 0 Å². The Hall–Kier alpha value is -2.67. The molecule has 0 aliphatic heterocycles. The normalized spacial score (nSPS) is 10.0. The molecule has 2 aromatic rings. The van der Waals surface area contributed by atoms with Gasteiger partial charge in [0, 0.05) is 11.0 Å². The van der Waals surface area contributed by atoms with Crippen molar-refractivity contribution in [2.75, 3.05) is 13.7 Å². The van der Waals surface area contributed by atoms with Gasteiger partial charge in [0.15, 0.2) is 12.9 Å². The minimum Gasteiger partial charge on any atom is -0.483 e. The summed E-state index contributed by atoms with van der Waals surface area (Å²) >= 11 is 3.26. The molecule has 0 heterocycles. The van der Waals surface area contributed by atoms with Crippen LogP contribution in [0.3, 0.4) is 0 Å². The average molecular weight is 406 g/mol. The van der Waals surface area contributed by atoms with Crippen molar-refractivity contribution in [2.45, 2.75) is 6.54 Å². The summed E-state index contributed by atoms with van der Waals surface area (Å²) in [4.78, 5) is 34.2. The van der Waals surface area contributed by atoms with E-state index in [2.05, 4.69) is 26.0 Å². The highest BCUT2D eigenvalue weighted by Crippen LogP contribution is 2.21. The van der Waals surface area contributed by atoms with E-state index in [1.165, 1.54) is 7.11 Å². The summed E-state index contributed by atoms with van der Waals surface area (Å²) in [6, 6.07) is 11.7. The van der Waals surface area contributed by atoms with Gasteiger partial charge in [-0.2, -0.15) is 0 Å². The first-order valence-corrected chi connectivity index (χ1v) is 8.14. The molecule has 0 atom stereocenters. The number of benzene rings is 2. The van der Waals surface area contributed by atoms with Gasteiger partial charge in [-0.1, -0.05) is 28.1 Å². The minimum absolute atomic E-state index is 0.206. The zero-order valence-corrected chi connectivity index (χ0v) is 15.0. The molecule has 0 bridgehead atoms. The Morgan fingerprint density at radius 3 is 2.52 bits per heavy atom. The first-order chi connectivity index (χ1) is 12.0. The number of methoxy groups -OCH3 is 1. The zero-order valence-electron chi connectivity index (χ0n) is 13.5. The minimum atomic E-state index is -0.413. The van der Waals surface area contributed by atoms with Crippen molar-refractivity contribution in [3.8, 4) is 5.75 Å². The van der Waals surface area contributed by atoms with Gasteiger partial charge in [-0.25, -0.2) is 4.79 Å². The van der Waals surface area contributed by atoms with Crippen LogP contribution >= 0.6 is 15.9 Å². The Labute approximate surface area is 153 Å². The summed E-state index contributed by atoms with van der Waals surface area (Å²) in [6.07, 6.45) is 0.668. The Morgan fingerprint density at radius 1 is 1.16 bits per heavy atom. The number of aldehydes is 1. The number of rotatable bonds is 7. The predicted molar refractivity (Wildman–Crippen MR) is 94.7 cm³/mol. The number of amides is 1. The van der Waals surface area contributed by atoms with Gasteiger partial charge in [0.05, 0.1) is 18.2 Å². The third-order valence-corrected chi connectivity index (χ3v) is 3.82. The van der Waals surface area contributed by atoms with E-state index in [1.807, 2.05) is 0 Å². The van der Waals surface area contributed by atoms with Crippen LogP contribution in [0.15, 0.2) is 46.9 Å². The van der Waals surface area contributed by atoms with E-state index in [9.17, 15) is 14.4 Å². The molecule has 7 heteroatoms. The molecule has 130 valence electrons. The van der Waals surface area contributed by atoms with Gasteiger partial charge < -0.3 is 14.8 Å². The van der Waals surface area contributed by atoms with Gasteiger partial charge in [-0.3, -0.25) is 9.59 Å². The highest BCUT2D eigenvalue weighted by Gasteiger charge is 2.08. The number of nitrogens with one attached hydrogen (secondary N) is 1. The van der Waals surface area contributed by atoms with Crippen molar-refractivity contribution < 1.29 is 23.9 Å². The van der Waals surface area contributed by atoms with E-state index in [4.69, 9.17) is 4.74 Å². The van der Waals surface area contributed by atoms with E-state index in [-0.39, 0.29) is 12.5 Å². The van der Waals surface area contributed by atoms with E-state index in [0.29, 0.717) is 29.7 Å². The monoisotopic (exact) mass is 405 g/mol. The van der Waals surface area contributed by atoms with Gasteiger partial charge in [0.2, 0.25) is 0 Å². The lowest BCUT2D eigenvalue weighted by Gasteiger charge is -2.09. The maximum Gasteiger partial charge on any atom is 0.337 e. The van der Waals surface area contributed by atoms with Crippen molar-refractivity contribution in [2.24, 2.45) is 0 Å². The van der Waals surface area contributed by atoms with Crippen molar-refractivity contribution in [3.63, 3.8) is 0 Å². The van der Waals surface area contributed by atoms with E-state index in [0.717, 1.165) is 10.0 Å². The fourth-order valence-electron chi connectivity index (χ4n) is 2.01. The molecule has 0 aliphatic rings. The quantitative estimate of drug-likeness (QED) is 0.565. The zero-order chi connectivity index (χ0) is 18.2. The second kappa shape index (κ2) is 8.98. The standard InChI is InChI=1S/C18H16BrNO5/c1-24-18(23)13-4-2-12(3-5-13)9-20-17(22)11-25-16-7-6-15(19)8-14(16)10-21/h2-8,10H,9,11H2,1H3,(H,20,22). The fourth-order valence-corrected chi connectivity index (χ4v) is 2.39. The van der Waals surface area contributed by atoms with Gasteiger partial charge in [0.1, 0.15) is 5.75 Å². The summed E-state index contributed by atoms with van der Waals surface area (Å²) in [7, 11) is 1.32. The van der Waals surface area contributed by atoms with Gasteiger partial charge in [0.25, 0.3) is 5.91 Å². The third kappa shape index (κ3) is 5.42. The molecule has 25 heavy (non-hydrogen) atoms. The molecular weight excluding hydrogens is 390 g/mol. The van der Waals surface area contributed by atoms with Crippen LogP contribution in [-0.2, 0) is 16.1 Å². The number of carbonyl (C=O) groups excluding carboxylic acids is 3. The highest BCUT2D eigenvalue weighted by atomic mass is 79.9. The fraction of sp³-hybridized carbons (Fsp3) is 0.167. The second-order valence-electron chi connectivity index (χ2n) is 5.05. The summed E-state index contributed by atoms with van der Waals surface area (Å²) in [6.45, 7) is 0.0905. The molecule has 0 spiro atoms. The maximum absolute atomic E-state index is 11.9. The van der Waals surface area contributed by atoms with Crippen LogP contribution in [0.2, 0.25) is 0 Å². The Morgan fingerprint density at radius 2 is 1.88 bits per heavy atom. The molecule has 0 unspecified atom stereocenters. The Balaban J connectivity index is 1.85. The molecule has 0 saturated carbocycles. The first kappa shape index (κ1) is 18.7. The molecule has 2 aromatic carbocycles. The molecule has 1 N–H and O–H groups in total. The van der Waals surface area contributed by atoms with Crippen LogP contribution in [0.5, 0.6) is 5.75 Å². The van der Waals surface area contributed by atoms with Crippen LogP contribution in [0.25, 0.3) is 0 Å². The van der Waals surface area contributed by atoms with Crippen LogP contribution < -0.4 is 10.1 Å². The van der Waals surface area contributed by atoms with Crippen molar-refractivity contribution in [1.82, 2.24) is 5.32 Å². The summed E-state index contributed by atoms with van der Waals surface area (Å²) < 4.78 is 10.7. The Bertz CT molecular complexity index is 774. The molecule has 1 amide bonds. The molecule has 0 fully saturated rings. The lowest BCUT2D eigenvalue weighted by Crippen LogP contribution is -2.28. The molecule has 0 aliphatic carbocycles.